The maximum Gasteiger partial charge on any atom is 0.251 e. The van der Waals surface area contributed by atoms with Crippen LogP contribution >= 0.6 is 15.9 Å². The monoisotopic (exact) mass is 358 g/mol. The highest BCUT2D eigenvalue weighted by molar-refractivity contribution is 9.10. The lowest BCUT2D eigenvalue weighted by Gasteiger charge is -2.29. The van der Waals surface area contributed by atoms with Crippen molar-refractivity contribution in [1.82, 2.24) is 10.6 Å². The number of hydrogen-bond acceptors (Lipinski definition) is 4. The fourth-order valence-corrected chi connectivity index (χ4v) is 1.91. The van der Waals surface area contributed by atoms with Crippen molar-refractivity contribution < 1.29 is 19.8 Å². The summed E-state index contributed by atoms with van der Waals surface area (Å²) in [6, 6.07) is 6.73. The van der Waals surface area contributed by atoms with E-state index in [9.17, 15) is 19.8 Å². The van der Waals surface area contributed by atoms with Crippen molar-refractivity contribution in [1.29, 1.82) is 0 Å². The average molecular weight is 359 g/mol. The number of benzene rings is 1. The first kappa shape index (κ1) is 17.6. The summed E-state index contributed by atoms with van der Waals surface area (Å²) in [6.07, 6.45) is 0.381. The molecule has 0 aromatic heterocycles. The van der Waals surface area contributed by atoms with Gasteiger partial charge < -0.3 is 20.8 Å². The molecule has 1 aromatic carbocycles. The van der Waals surface area contributed by atoms with Gasteiger partial charge in [0, 0.05) is 10.0 Å². The van der Waals surface area contributed by atoms with E-state index in [1.54, 1.807) is 31.2 Å². The molecular weight excluding hydrogens is 340 g/mol. The zero-order chi connectivity index (χ0) is 15.9. The van der Waals surface area contributed by atoms with E-state index in [1.165, 1.54) is 0 Å². The number of aliphatic hydroxyl groups is 2. The SMILES string of the molecule is CCC(CO)(CO)NC(=O)CNC(=O)c1ccc(Br)cc1. The number of carbonyl (C=O) groups is 2. The Labute approximate surface area is 131 Å². The number of carbonyl (C=O) groups excluding carboxylic acids is 2. The summed E-state index contributed by atoms with van der Waals surface area (Å²) in [4.78, 5) is 23.6. The predicted octanol–water partition coefficient (Wildman–Crippen LogP) is 0.428. The van der Waals surface area contributed by atoms with Crippen molar-refractivity contribution in [3.8, 4) is 0 Å². The molecule has 0 spiro atoms. The van der Waals surface area contributed by atoms with E-state index < -0.39 is 11.4 Å². The molecule has 0 saturated heterocycles. The van der Waals surface area contributed by atoms with Crippen molar-refractivity contribution in [2.45, 2.75) is 18.9 Å². The molecule has 0 aliphatic heterocycles. The van der Waals surface area contributed by atoms with Gasteiger partial charge in [-0.3, -0.25) is 9.59 Å². The molecule has 0 saturated carbocycles. The third-order valence-corrected chi connectivity index (χ3v) is 3.73. The second-order valence-electron chi connectivity index (χ2n) is 4.69. The quantitative estimate of drug-likeness (QED) is 0.567. The van der Waals surface area contributed by atoms with E-state index in [0.29, 0.717) is 12.0 Å². The number of nitrogens with one attached hydrogen (secondary N) is 2. The summed E-state index contributed by atoms with van der Waals surface area (Å²) < 4.78 is 0.857. The van der Waals surface area contributed by atoms with Crippen LogP contribution in [-0.4, -0.2) is 47.3 Å². The smallest absolute Gasteiger partial charge is 0.251 e. The molecule has 0 unspecified atom stereocenters. The minimum Gasteiger partial charge on any atom is -0.394 e. The van der Waals surface area contributed by atoms with Gasteiger partial charge in [0.15, 0.2) is 0 Å². The maximum absolute atomic E-state index is 11.8. The van der Waals surface area contributed by atoms with E-state index in [-0.39, 0.29) is 25.7 Å². The molecule has 0 bridgehead atoms. The van der Waals surface area contributed by atoms with Gasteiger partial charge in [0.05, 0.1) is 25.3 Å². The molecule has 0 aliphatic carbocycles. The van der Waals surface area contributed by atoms with Gasteiger partial charge in [0.1, 0.15) is 0 Å². The fraction of sp³-hybridized carbons (Fsp3) is 0.429. The van der Waals surface area contributed by atoms with Crippen LogP contribution in [0.1, 0.15) is 23.7 Å². The van der Waals surface area contributed by atoms with E-state index in [1.807, 2.05) is 0 Å². The second-order valence-corrected chi connectivity index (χ2v) is 5.60. The van der Waals surface area contributed by atoms with Crippen molar-refractivity contribution in [2.75, 3.05) is 19.8 Å². The van der Waals surface area contributed by atoms with Crippen LogP contribution in [0, 0.1) is 0 Å². The van der Waals surface area contributed by atoms with Crippen LogP contribution in [0.2, 0.25) is 0 Å². The molecule has 0 fully saturated rings. The molecule has 2 amide bonds. The highest BCUT2D eigenvalue weighted by atomic mass is 79.9. The van der Waals surface area contributed by atoms with Gasteiger partial charge in [0.2, 0.25) is 5.91 Å². The van der Waals surface area contributed by atoms with Crippen molar-refractivity contribution in [2.24, 2.45) is 0 Å². The Morgan fingerprint density at radius 1 is 1.19 bits per heavy atom. The normalized spacial score (nSPS) is 11.0. The van der Waals surface area contributed by atoms with Crippen LogP contribution in [0.3, 0.4) is 0 Å². The first-order valence-corrected chi connectivity index (χ1v) is 7.32. The highest BCUT2D eigenvalue weighted by Gasteiger charge is 2.28. The number of rotatable bonds is 7. The largest absolute Gasteiger partial charge is 0.394 e. The topological polar surface area (TPSA) is 98.7 Å². The molecular formula is C14H19BrN2O4. The Morgan fingerprint density at radius 2 is 1.76 bits per heavy atom. The molecule has 0 aliphatic rings. The molecule has 1 rings (SSSR count). The molecule has 0 heterocycles. The molecule has 0 atom stereocenters. The molecule has 21 heavy (non-hydrogen) atoms. The van der Waals surface area contributed by atoms with Gasteiger partial charge in [0.25, 0.3) is 5.91 Å². The van der Waals surface area contributed by atoms with E-state index in [4.69, 9.17) is 0 Å². The highest BCUT2D eigenvalue weighted by Crippen LogP contribution is 2.10. The minimum absolute atomic E-state index is 0.226. The summed E-state index contributed by atoms with van der Waals surface area (Å²) in [5, 5.41) is 23.5. The second kappa shape index (κ2) is 8.11. The fourth-order valence-electron chi connectivity index (χ4n) is 1.64. The van der Waals surface area contributed by atoms with E-state index in [2.05, 4.69) is 26.6 Å². The van der Waals surface area contributed by atoms with Crippen LogP contribution in [0.5, 0.6) is 0 Å². The molecule has 0 radical (unpaired) electrons. The van der Waals surface area contributed by atoms with Crippen LogP contribution in [0.15, 0.2) is 28.7 Å². The van der Waals surface area contributed by atoms with Gasteiger partial charge >= 0.3 is 0 Å². The average Bonchev–Trinajstić information content (AvgIpc) is 2.51. The number of halogens is 1. The Bertz CT molecular complexity index is 478. The lowest BCUT2D eigenvalue weighted by molar-refractivity contribution is -0.123. The van der Waals surface area contributed by atoms with Gasteiger partial charge in [-0.25, -0.2) is 0 Å². The minimum atomic E-state index is -1.06. The lowest BCUT2D eigenvalue weighted by Crippen LogP contribution is -2.55. The molecule has 1 aromatic rings. The summed E-state index contributed by atoms with van der Waals surface area (Å²) in [7, 11) is 0. The lowest BCUT2D eigenvalue weighted by atomic mass is 9.98. The number of amides is 2. The van der Waals surface area contributed by atoms with Crippen molar-refractivity contribution in [3.05, 3.63) is 34.3 Å². The van der Waals surface area contributed by atoms with E-state index >= 15 is 0 Å². The Hall–Kier alpha value is -1.44. The third kappa shape index (κ3) is 5.11. The zero-order valence-electron chi connectivity index (χ0n) is 11.7. The summed E-state index contributed by atoms with van der Waals surface area (Å²) in [5.41, 5.74) is -0.614. The molecule has 6 nitrogen and oxygen atoms in total. The number of aliphatic hydroxyl groups excluding tert-OH is 2. The first-order valence-electron chi connectivity index (χ1n) is 6.53. The maximum atomic E-state index is 11.8. The predicted molar refractivity (Wildman–Crippen MR) is 81.8 cm³/mol. The summed E-state index contributed by atoms with van der Waals surface area (Å²) in [6.45, 7) is 0.780. The molecule has 4 N–H and O–H groups in total. The van der Waals surface area contributed by atoms with Gasteiger partial charge in [-0.15, -0.1) is 0 Å². The summed E-state index contributed by atoms with van der Waals surface area (Å²) >= 11 is 3.27. The third-order valence-electron chi connectivity index (χ3n) is 3.20. The van der Waals surface area contributed by atoms with Crippen molar-refractivity contribution in [3.63, 3.8) is 0 Å². The Morgan fingerprint density at radius 3 is 2.24 bits per heavy atom. The summed E-state index contributed by atoms with van der Waals surface area (Å²) in [5.74, 6) is -0.835. The van der Waals surface area contributed by atoms with E-state index in [0.717, 1.165) is 4.47 Å². The van der Waals surface area contributed by atoms with Crippen LogP contribution < -0.4 is 10.6 Å². The molecule has 7 heteroatoms. The first-order chi connectivity index (χ1) is 9.96. The van der Waals surface area contributed by atoms with Crippen molar-refractivity contribution >= 4 is 27.7 Å². The van der Waals surface area contributed by atoms with Crippen LogP contribution in [-0.2, 0) is 4.79 Å². The zero-order valence-corrected chi connectivity index (χ0v) is 13.3. The standard InChI is InChI=1S/C14H19BrN2O4/c1-2-14(8-18,9-19)17-12(20)7-16-13(21)10-3-5-11(15)6-4-10/h3-6,18-19H,2,7-9H2,1H3,(H,16,21)(H,17,20). The molecule has 116 valence electrons. The van der Waals surface area contributed by atoms with Gasteiger partial charge in [-0.05, 0) is 30.7 Å². The number of hydrogen-bond donors (Lipinski definition) is 4. The van der Waals surface area contributed by atoms with Crippen LogP contribution in [0.25, 0.3) is 0 Å². The Balaban J connectivity index is 2.53. The van der Waals surface area contributed by atoms with Gasteiger partial charge in [-0.2, -0.15) is 0 Å². The Kier molecular flexibility index (Phi) is 6.80. The van der Waals surface area contributed by atoms with Gasteiger partial charge in [-0.1, -0.05) is 22.9 Å². The van der Waals surface area contributed by atoms with Crippen LogP contribution in [0.4, 0.5) is 0 Å².